The molecule has 0 spiro atoms. The molecule has 3 aromatic rings. The summed E-state index contributed by atoms with van der Waals surface area (Å²) in [5, 5.41) is 3.96. The Hall–Kier alpha value is -1.88. The van der Waals surface area contributed by atoms with Crippen molar-refractivity contribution < 1.29 is 8.91 Å². The largest absolute Gasteiger partial charge is 0.361 e. The van der Waals surface area contributed by atoms with Gasteiger partial charge in [0.15, 0.2) is 0 Å². The van der Waals surface area contributed by atoms with Crippen molar-refractivity contribution in [1.82, 2.24) is 14.7 Å². The zero-order valence-corrected chi connectivity index (χ0v) is 12.8. The maximum atomic E-state index is 13.7. The van der Waals surface area contributed by atoms with Crippen LogP contribution in [0.2, 0.25) is 0 Å². The fourth-order valence-electron chi connectivity index (χ4n) is 2.46. The molecule has 0 saturated heterocycles. The van der Waals surface area contributed by atoms with Crippen LogP contribution in [0.25, 0.3) is 11.0 Å². The first-order valence-electron chi connectivity index (χ1n) is 6.64. The number of alkyl halides is 1. The first kappa shape index (κ1) is 14.1. The van der Waals surface area contributed by atoms with Gasteiger partial charge in [-0.1, -0.05) is 5.16 Å². The lowest BCUT2D eigenvalue weighted by atomic mass is 10.2. The lowest BCUT2D eigenvalue weighted by Crippen LogP contribution is -2.05. The summed E-state index contributed by atoms with van der Waals surface area (Å²) in [4.78, 5) is 4.41. The van der Waals surface area contributed by atoms with E-state index in [1.54, 1.807) is 13.0 Å². The van der Waals surface area contributed by atoms with E-state index in [4.69, 9.17) is 16.1 Å². The van der Waals surface area contributed by atoms with Crippen LogP contribution < -0.4 is 0 Å². The predicted molar refractivity (Wildman–Crippen MR) is 79.1 cm³/mol. The van der Waals surface area contributed by atoms with Crippen LogP contribution in [0.1, 0.15) is 28.4 Å². The third kappa shape index (κ3) is 2.31. The van der Waals surface area contributed by atoms with Gasteiger partial charge in [-0.05, 0) is 32.4 Å². The second-order valence-electron chi connectivity index (χ2n) is 5.14. The van der Waals surface area contributed by atoms with Gasteiger partial charge in [-0.2, -0.15) is 0 Å². The van der Waals surface area contributed by atoms with Gasteiger partial charge in [0.2, 0.25) is 0 Å². The molecular formula is C15H15ClFN3O. The summed E-state index contributed by atoms with van der Waals surface area (Å²) >= 11 is 5.99. The van der Waals surface area contributed by atoms with Gasteiger partial charge in [-0.15, -0.1) is 11.6 Å². The molecule has 3 rings (SSSR count). The SMILES string of the molecule is Cc1cc2c(cc1F)nc(CCl)n2Cc1c(C)noc1C. The molecule has 4 nitrogen and oxygen atoms in total. The maximum Gasteiger partial charge on any atom is 0.138 e. The molecule has 0 saturated carbocycles. The van der Waals surface area contributed by atoms with E-state index in [2.05, 4.69) is 10.1 Å². The van der Waals surface area contributed by atoms with Gasteiger partial charge in [0.25, 0.3) is 0 Å². The van der Waals surface area contributed by atoms with Gasteiger partial charge >= 0.3 is 0 Å². The third-order valence-electron chi connectivity index (χ3n) is 3.72. The Balaban J connectivity index is 2.18. The number of hydrogen-bond donors (Lipinski definition) is 0. The van der Waals surface area contributed by atoms with Crippen molar-refractivity contribution in [2.45, 2.75) is 33.2 Å². The molecule has 1 aromatic carbocycles. The minimum Gasteiger partial charge on any atom is -0.361 e. The van der Waals surface area contributed by atoms with Crippen LogP contribution >= 0.6 is 11.6 Å². The molecule has 0 radical (unpaired) electrons. The number of rotatable bonds is 3. The molecule has 0 atom stereocenters. The average molecular weight is 308 g/mol. The zero-order chi connectivity index (χ0) is 15.1. The Bertz CT molecular complexity index is 803. The standard InChI is InChI=1S/C15H15ClFN3O/c1-8-4-14-13(5-12(8)17)18-15(6-16)20(14)7-11-9(2)19-21-10(11)3/h4-5H,6-7H2,1-3H3. The molecule has 2 aromatic heterocycles. The lowest BCUT2D eigenvalue weighted by molar-refractivity contribution is 0.392. The molecule has 0 N–H and O–H groups in total. The summed E-state index contributed by atoms with van der Waals surface area (Å²) < 4.78 is 20.9. The van der Waals surface area contributed by atoms with E-state index < -0.39 is 0 Å². The van der Waals surface area contributed by atoms with Crippen LogP contribution in [-0.2, 0) is 12.4 Å². The molecule has 0 fully saturated rings. The van der Waals surface area contributed by atoms with Crippen LogP contribution in [0.3, 0.4) is 0 Å². The summed E-state index contributed by atoms with van der Waals surface area (Å²) in [5.74, 6) is 1.48. The fourth-order valence-corrected chi connectivity index (χ4v) is 2.67. The number of fused-ring (bicyclic) bond motifs is 1. The maximum absolute atomic E-state index is 13.7. The summed E-state index contributed by atoms with van der Waals surface area (Å²) in [5.41, 5.74) is 3.91. The van der Waals surface area contributed by atoms with E-state index in [0.29, 0.717) is 23.4 Å². The number of nitrogens with zero attached hydrogens (tertiary/aromatic N) is 3. The molecule has 0 aliphatic rings. The van der Waals surface area contributed by atoms with Gasteiger partial charge in [-0.3, -0.25) is 0 Å². The Morgan fingerprint density at radius 2 is 2.05 bits per heavy atom. The van der Waals surface area contributed by atoms with Gasteiger partial charge in [0.1, 0.15) is 17.4 Å². The molecule has 0 aliphatic carbocycles. The van der Waals surface area contributed by atoms with Crippen molar-refractivity contribution in [3.63, 3.8) is 0 Å². The van der Waals surface area contributed by atoms with Crippen LogP contribution in [0, 0.1) is 26.6 Å². The van der Waals surface area contributed by atoms with Crippen LogP contribution in [0.5, 0.6) is 0 Å². The van der Waals surface area contributed by atoms with E-state index in [0.717, 1.165) is 22.5 Å². The number of hydrogen-bond acceptors (Lipinski definition) is 3. The van der Waals surface area contributed by atoms with E-state index in [1.165, 1.54) is 6.07 Å². The van der Waals surface area contributed by atoms with Gasteiger partial charge < -0.3 is 9.09 Å². The smallest absolute Gasteiger partial charge is 0.138 e. The second-order valence-corrected chi connectivity index (χ2v) is 5.41. The zero-order valence-electron chi connectivity index (χ0n) is 12.1. The summed E-state index contributed by atoms with van der Waals surface area (Å²) in [6, 6.07) is 3.25. The molecule has 21 heavy (non-hydrogen) atoms. The van der Waals surface area contributed by atoms with Crippen molar-refractivity contribution in [1.29, 1.82) is 0 Å². The first-order valence-corrected chi connectivity index (χ1v) is 7.17. The highest BCUT2D eigenvalue weighted by Gasteiger charge is 2.16. The van der Waals surface area contributed by atoms with Gasteiger partial charge in [0.05, 0.1) is 29.2 Å². The van der Waals surface area contributed by atoms with E-state index >= 15 is 0 Å². The van der Waals surface area contributed by atoms with Crippen molar-refractivity contribution in [3.8, 4) is 0 Å². The monoisotopic (exact) mass is 307 g/mol. The van der Waals surface area contributed by atoms with E-state index in [1.807, 2.05) is 18.4 Å². The topological polar surface area (TPSA) is 43.9 Å². The van der Waals surface area contributed by atoms with Gasteiger partial charge in [0, 0.05) is 11.6 Å². The van der Waals surface area contributed by atoms with Crippen LogP contribution in [-0.4, -0.2) is 14.7 Å². The number of imidazole rings is 1. The van der Waals surface area contributed by atoms with E-state index in [9.17, 15) is 4.39 Å². The number of aryl methyl sites for hydroxylation is 3. The summed E-state index contributed by atoms with van der Waals surface area (Å²) in [6.07, 6.45) is 0. The molecular weight excluding hydrogens is 293 g/mol. The lowest BCUT2D eigenvalue weighted by Gasteiger charge is -2.08. The van der Waals surface area contributed by atoms with Crippen molar-refractivity contribution in [2.75, 3.05) is 0 Å². The molecule has 2 heterocycles. The Labute approximate surface area is 126 Å². The molecule has 0 bridgehead atoms. The molecule has 0 amide bonds. The number of halogens is 2. The minimum absolute atomic E-state index is 0.259. The van der Waals surface area contributed by atoms with Crippen LogP contribution in [0.15, 0.2) is 16.7 Å². The summed E-state index contributed by atoms with van der Waals surface area (Å²) in [7, 11) is 0. The van der Waals surface area contributed by atoms with E-state index in [-0.39, 0.29) is 11.7 Å². The first-order chi connectivity index (χ1) is 10.0. The molecule has 0 unspecified atom stereocenters. The van der Waals surface area contributed by atoms with Crippen molar-refractivity contribution in [2.24, 2.45) is 0 Å². The van der Waals surface area contributed by atoms with Crippen molar-refractivity contribution in [3.05, 3.63) is 46.4 Å². The van der Waals surface area contributed by atoms with Gasteiger partial charge in [-0.25, -0.2) is 9.37 Å². The third-order valence-corrected chi connectivity index (χ3v) is 3.96. The highest BCUT2D eigenvalue weighted by molar-refractivity contribution is 6.16. The quantitative estimate of drug-likeness (QED) is 0.690. The fraction of sp³-hybridized carbons (Fsp3) is 0.333. The number of aromatic nitrogens is 3. The second kappa shape index (κ2) is 5.15. The molecule has 110 valence electrons. The predicted octanol–water partition coefficient (Wildman–Crippen LogP) is 3.88. The highest BCUT2D eigenvalue weighted by Crippen LogP contribution is 2.24. The minimum atomic E-state index is -0.259. The Morgan fingerprint density at radius 1 is 1.29 bits per heavy atom. The molecule has 0 aliphatic heterocycles. The number of benzene rings is 1. The normalized spacial score (nSPS) is 11.5. The Kier molecular flexibility index (Phi) is 3.45. The Morgan fingerprint density at radius 3 is 2.67 bits per heavy atom. The van der Waals surface area contributed by atoms with Crippen molar-refractivity contribution >= 4 is 22.6 Å². The highest BCUT2D eigenvalue weighted by atomic mass is 35.5. The molecule has 6 heteroatoms. The summed E-state index contributed by atoms with van der Waals surface area (Å²) in [6.45, 7) is 6.07. The average Bonchev–Trinajstić information content (AvgIpc) is 2.94. The van der Waals surface area contributed by atoms with Crippen LogP contribution in [0.4, 0.5) is 4.39 Å².